The molecule has 3 N–H and O–H groups in total. The predicted octanol–water partition coefficient (Wildman–Crippen LogP) is -0.397. The highest BCUT2D eigenvalue weighted by Crippen LogP contribution is 1.67. The monoisotopic (exact) mass is 171 g/mol. The van der Waals surface area contributed by atoms with Crippen LogP contribution in [0.25, 0.3) is 0 Å². The minimum absolute atomic E-state index is 0.0536. The highest BCUT2D eigenvalue weighted by atomic mass is 32.1. The van der Waals surface area contributed by atoms with Crippen LogP contribution in [-0.2, 0) is 4.79 Å². The smallest absolute Gasteiger partial charge is 0.243 e. The maximum atomic E-state index is 10.5. The van der Waals surface area contributed by atoms with Gasteiger partial charge in [0.2, 0.25) is 5.91 Å². The number of aliphatic imine (C=N–C) groups is 1. The first-order valence-electron chi connectivity index (χ1n) is 2.89. The number of carbonyl (C=O) groups excluding carboxylic acids is 1. The number of hydrogen-bond acceptors (Lipinski definition) is 2. The van der Waals surface area contributed by atoms with E-state index >= 15 is 0 Å². The summed E-state index contributed by atoms with van der Waals surface area (Å²) < 4.78 is 0. The Labute approximate surface area is 70.2 Å². The zero-order chi connectivity index (χ0) is 8.69. The average Bonchev–Trinajstić information content (AvgIpc) is 1.97. The van der Waals surface area contributed by atoms with E-state index in [1.807, 2.05) is 0 Å². The van der Waals surface area contributed by atoms with Crippen molar-refractivity contribution >= 4 is 29.5 Å². The normalized spacial score (nSPS) is 9.45. The summed E-state index contributed by atoms with van der Waals surface area (Å²) in [4.78, 5) is 14.1. The Hall–Kier alpha value is -1.23. The number of rotatable bonds is 3. The van der Waals surface area contributed by atoms with E-state index in [0.717, 1.165) is 0 Å². The van der Waals surface area contributed by atoms with E-state index in [4.69, 9.17) is 5.73 Å². The Morgan fingerprint density at radius 3 is 2.91 bits per heavy atom. The molecular formula is C6H9N3OS. The van der Waals surface area contributed by atoms with Crippen molar-refractivity contribution in [1.82, 2.24) is 5.32 Å². The molecule has 0 radical (unpaired) electrons. The van der Waals surface area contributed by atoms with Crippen LogP contribution in [0, 0.1) is 0 Å². The van der Waals surface area contributed by atoms with Crippen molar-refractivity contribution in [2.24, 2.45) is 10.7 Å². The lowest BCUT2D eigenvalue weighted by molar-refractivity contribution is -0.116. The molecule has 0 aliphatic heterocycles. The molecule has 0 aromatic carbocycles. The molecule has 0 unspecified atom stereocenters. The van der Waals surface area contributed by atoms with E-state index in [0.29, 0.717) is 6.54 Å². The lowest BCUT2D eigenvalue weighted by Crippen LogP contribution is -2.23. The molecule has 4 nitrogen and oxygen atoms in total. The number of nitrogens with two attached hydrogens (primary N) is 1. The SMILES string of the molecule is C=CC(=O)NCC=NC(N)=S. The molecule has 5 heteroatoms. The third-order valence-electron chi connectivity index (χ3n) is 0.772. The van der Waals surface area contributed by atoms with Crippen molar-refractivity contribution in [3.63, 3.8) is 0 Å². The third-order valence-corrected chi connectivity index (χ3v) is 0.877. The van der Waals surface area contributed by atoms with Crippen LogP contribution in [0.15, 0.2) is 17.6 Å². The topological polar surface area (TPSA) is 67.5 Å². The van der Waals surface area contributed by atoms with E-state index in [-0.39, 0.29) is 11.0 Å². The van der Waals surface area contributed by atoms with Gasteiger partial charge in [-0.3, -0.25) is 4.79 Å². The molecule has 0 rings (SSSR count). The summed E-state index contributed by atoms with van der Waals surface area (Å²) in [6, 6.07) is 0. The number of carbonyl (C=O) groups is 1. The van der Waals surface area contributed by atoms with Crippen molar-refractivity contribution in [1.29, 1.82) is 0 Å². The van der Waals surface area contributed by atoms with Gasteiger partial charge in [-0.15, -0.1) is 0 Å². The summed E-state index contributed by atoms with van der Waals surface area (Å²) in [6.45, 7) is 3.58. The van der Waals surface area contributed by atoms with Crippen molar-refractivity contribution in [2.75, 3.05) is 6.54 Å². The summed E-state index contributed by atoms with van der Waals surface area (Å²) in [7, 11) is 0. The Kier molecular flexibility index (Phi) is 4.93. The van der Waals surface area contributed by atoms with Gasteiger partial charge in [0.15, 0.2) is 5.11 Å². The molecule has 1 amide bonds. The average molecular weight is 171 g/mol. The molecule has 0 saturated heterocycles. The predicted molar refractivity (Wildman–Crippen MR) is 48.5 cm³/mol. The van der Waals surface area contributed by atoms with Gasteiger partial charge < -0.3 is 11.1 Å². The minimum atomic E-state index is -0.251. The van der Waals surface area contributed by atoms with Crippen LogP contribution in [0.4, 0.5) is 0 Å². The van der Waals surface area contributed by atoms with E-state index < -0.39 is 0 Å². The molecule has 0 spiro atoms. The fourth-order valence-electron chi connectivity index (χ4n) is 0.354. The summed E-state index contributed by atoms with van der Waals surface area (Å²) in [5, 5.41) is 2.52. The number of amides is 1. The van der Waals surface area contributed by atoms with Crippen LogP contribution in [0.1, 0.15) is 0 Å². The van der Waals surface area contributed by atoms with Crippen LogP contribution in [0.2, 0.25) is 0 Å². The lowest BCUT2D eigenvalue weighted by atomic mass is 10.5. The summed E-state index contributed by atoms with van der Waals surface area (Å²) in [6.07, 6.45) is 2.60. The van der Waals surface area contributed by atoms with E-state index in [1.165, 1.54) is 12.3 Å². The summed E-state index contributed by atoms with van der Waals surface area (Å²) in [5.74, 6) is -0.251. The van der Waals surface area contributed by atoms with Gasteiger partial charge in [-0.1, -0.05) is 6.58 Å². The lowest BCUT2D eigenvalue weighted by Gasteiger charge is -1.93. The van der Waals surface area contributed by atoms with E-state index in [1.54, 1.807) is 0 Å². The largest absolute Gasteiger partial charge is 0.374 e. The Balaban J connectivity index is 3.49. The molecule has 0 heterocycles. The van der Waals surface area contributed by atoms with Crippen LogP contribution in [0.3, 0.4) is 0 Å². The summed E-state index contributed by atoms with van der Waals surface area (Å²) >= 11 is 4.45. The van der Waals surface area contributed by atoms with Crippen molar-refractivity contribution in [2.45, 2.75) is 0 Å². The van der Waals surface area contributed by atoms with Crippen LogP contribution < -0.4 is 11.1 Å². The standard InChI is InChI=1S/C6H9N3OS/c1-2-5(10)8-3-4-9-6(7)11/h2,4H,1,3H2,(H2,7,11)(H,8,10). The Bertz CT molecular complexity index is 200. The number of thiocarbonyl (C=S) groups is 1. The molecule has 0 atom stereocenters. The zero-order valence-electron chi connectivity index (χ0n) is 5.91. The minimum Gasteiger partial charge on any atom is -0.374 e. The number of hydrogen-bond donors (Lipinski definition) is 2. The third kappa shape index (κ3) is 6.66. The van der Waals surface area contributed by atoms with E-state index in [2.05, 4.69) is 29.1 Å². The molecule has 60 valence electrons. The van der Waals surface area contributed by atoms with Crippen molar-refractivity contribution in [3.8, 4) is 0 Å². The Morgan fingerprint density at radius 2 is 2.45 bits per heavy atom. The first kappa shape index (κ1) is 9.77. The highest BCUT2D eigenvalue weighted by molar-refractivity contribution is 7.80. The van der Waals surface area contributed by atoms with Gasteiger partial charge in [0.25, 0.3) is 0 Å². The second kappa shape index (κ2) is 5.55. The maximum Gasteiger partial charge on any atom is 0.243 e. The summed E-state index contributed by atoms with van der Waals surface area (Å²) in [5.41, 5.74) is 5.04. The van der Waals surface area contributed by atoms with Crippen molar-refractivity contribution in [3.05, 3.63) is 12.7 Å². The fourth-order valence-corrected chi connectivity index (χ4v) is 0.429. The second-order valence-corrected chi connectivity index (χ2v) is 2.02. The van der Waals surface area contributed by atoms with Crippen LogP contribution >= 0.6 is 12.2 Å². The van der Waals surface area contributed by atoms with E-state index in [9.17, 15) is 4.79 Å². The van der Waals surface area contributed by atoms with Gasteiger partial charge in [-0.05, 0) is 18.3 Å². The van der Waals surface area contributed by atoms with Gasteiger partial charge in [0.1, 0.15) is 0 Å². The van der Waals surface area contributed by atoms with Crippen molar-refractivity contribution < 1.29 is 4.79 Å². The van der Waals surface area contributed by atoms with Gasteiger partial charge in [0.05, 0.1) is 6.54 Å². The van der Waals surface area contributed by atoms with Gasteiger partial charge in [-0.2, -0.15) is 0 Å². The molecular weight excluding hydrogens is 162 g/mol. The molecule has 0 bridgehead atoms. The fraction of sp³-hybridized carbons (Fsp3) is 0.167. The molecule has 0 aliphatic carbocycles. The van der Waals surface area contributed by atoms with Crippen LogP contribution in [-0.4, -0.2) is 23.8 Å². The molecule has 0 aliphatic rings. The Morgan fingerprint density at radius 1 is 1.82 bits per heavy atom. The molecule has 0 aromatic heterocycles. The van der Waals surface area contributed by atoms with Gasteiger partial charge in [0, 0.05) is 6.21 Å². The first-order chi connectivity index (χ1) is 5.16. The first-order valence-corrected chi connectivity index (χ1v) is 3.30. The molecule has 0 saturated carbocycles. The quantitative estimate of drug-likeness (QED) is 0.345. The number of nitrogens with zero attached hydrogens (tertiary/aromatic N) is 1. The van der Waals surface area contributed by atoms with Gasteiger partial charge in [-0.25, -0.2) is 4.99 Å². The molecule has 11 heavy (non-hydrogen) atoms. The second-order valence-electron chi connectivity index (χ2n) is 1.60. The molecule has 0 aromatic rings. The number of nitrogens with one attached hydrogen (secondary N) is 1. The van der Waals surface area contributed by atoms with Gasteiger partial charge >= 0.3 is 0 Å². The zero-order valence-corrected chi connectivity index (χ0v) is 6.73. The maximum absolute atomic E-state index is 10.5. The highest BCUT2D eigenvalue weighted by Gasteiger charge is 1.87. The van der Waals surface area contributed by atoms with Crippen LogP contribution in [0.5, 0.6) is 0 Å². The molecule has 0 fully saturated rings.